The molecule has 0 saturated heterocycles. The summed E-state index contributed by atoms with van der Waals surface area (Å²) in [4.78, 5) is 12.6. The van der Waals surface area contributed by atoms with Crippen LogP contribution in [0.5, 0.6) is 5.75 Å². The molecule has 0 fully saturated rings. The van der Waals surface area contributed by atoms with Crippen molar-refractivity contribution in [3.63, 3.8) is 0 Å². The molecule has 1 amide bonds. The maximum atomic E-state index is 13.1. The number of methoxy groups -OCH3 is 1. The summed E-state index contributed by atoms with van der Waals surface area (Å²) >= 11 is 0. The van der Waals surface area contributed by atoms with Crippen LogP contribution >= 0.6 is 0 Å². The Balaban J connectivity index is 2.35. The number of para-hydroxylation sites is 1. The maximum absolute atomic E-state index is 13.1. The minimum absolute atomic E-state index is 0.176. The predicted octanol–water partition coefficient (Wildman–Crippen LogP) is 3.51. The first-order chi connectivity index (χ1) is 12.9. The monoisotopic (exact) mass is 416 g/mol. The number of hydrogen-bond donors (Lipinski definition) is 1. The number of hydrogen-bond acceptors (Lipinski definition) is 4. The summed E-state index contributed by atoms with van der Waals surface area (Å²) in [6.07, 6.45) is -3.76. The molecule has 0 heterocycles. The van der Waals surface area contributed by atoms with Crippen molar-refractivity contribution in [1.29, 1.82) is 0 Å². The molecule has 0 radical (unpaired) electrons. The largest absolute Gasteiger partial charge is 0.497 e. The molecule has 0 aliphatic heterocycles. The van der Waals surface area contributed by atoms with Gasteiger partial charge < -0.3 is 10.1 Å². The lowest BCUT2D eigenvalue weighted by molar-refractivity contribution is -0.137. The van der Waals surface area contributed by atoms with Gasteiger partial charge in [0.1, 0.15) is 11.8 Å². The zero-order chi connectivity index (χ0) is 21.1. The molecule has 0 spiro atoms. The molecular weight excluding hydrogens is 397 g/mol. The number of halogens is 3. The molecule has 0 unspecified atom stereocenters. The van der Waals surface area contributed by atoms with Gasteiger partial charge in [-0.05, 0) is 43.3 Å². The molecular formula is C18H19F3N2O4S. The number of benzene rings is 2. The standard InChI is InChI=1S/C18H19F3N2O4S/c1-12(17(24)22-16-7-5-4-6-15(16)18(19,20)21)23(28(3,25)26)13-8-10-14(27-2)11-9-13/h4-12H,1-3H3,(H,22,24)/t12-/m0/s1. The highest BCUT2D eigenvalue weighted by molar-refractivity contribution is 7.92. The molecule has 0 bridgehead atoms. The number of nitrogens with one attached hydrogen (secondary N) is 1. The van der Waals surface area contributed by atoms with Gasteiger partial charge in [0.25, 0.3) is 0 Å². The van der Waals surface area contributed by atoms with Gasteiger partial charge >= 0.3 is 6.18 Å². The Morgan fingerprint density at radius 1 is 1.11 bits per heavy atom. The van der Waals surface area contributed by atoms with Crippen molar-refractivity contribution >= 4 is 27.3 Å². The summed E-state index contributed by atoms with van der Waals surface area (Å²) in [6, 6.07) is 9.07. The van der Waals surface area contributed by atoms with E-state index in [0.717, 1.165) is 22.7 Å². The summed E-state index contributed by atoms with van der Waals surface area (Å²) < 4.78 is 69.7. The van der Waals surface area contributed by atoms with E-state index in [-0.39, 0.29) is 5.69 Å². The number of carbonyl (C=O) groups excluding carboxylic acids is 1. The second kappa shape index (κ2) is 8.09. The quantitative estimate of drug-likeness (QED) is 0.782. The number of alkyl halides is 3. The van der Waals surface area contributed by atoms with Crippen LogP contribution in [0, 0.1) is 0 Å². The molecule has 2 aromatic carbocycles. The summed E-state index contributed by atoms with van der Waals surface area (Å²) in [5.74, 6) is -0.425. The van der Waals surface area contributed by atoms with Crippen LogP contribution in [0.15, 0.2) is 48.5 Å². The Morgan fingerprint density at radius 3 is 2.18 bits per heavy atom. The molecule has 0 aromatic heterocycles. The fourth-order valence-electron chi connectivity index (χ4n) is 2.61. The van der Waals surface area contributed by atoms with Crippen molar-refractivity contribution in [2.24, 2.45) is 0 Å². The van der Waals surface area contributed by atoms with Gasteiger partial charge in [0.15, 0.2) is 0 Å². The van der Waals surface area contributed by atoms with E-state index in [2.05, 4.69) is 5.32 Å². The molecule has 0 aliphatic carbocycles. The molecule has 1 N–H and O–H groups in total. The Hall–Kier alpha value is -2.75. The highest BCUT2D eigenvalue weighted by Crippen LogP contribution is 2.35. The molecule has 28 heavy (non-hydrogen) atoms. The second-order valence-corrected chi connectivity index (χ2v) is 7.82. The van der Waals surface area contributed by atoms with Crippen LogP contribution in [-0.2, 0) is 21.0 Å². The van der Waals surface area contributed by atoms with Crippen LogP contribution < -0.4 is 14.4 Å². The molecule has 6 nitrogen and oxygen atoms in total. The third-order valence-corrected chi connectivity index (χ3v) is 5.15. The molecule has 2 aromatic rings. The average Bonchev–Trinajstić information content (AvgIpc) is 2.60. The summed E-state index contributed by atoms with van der Waals surface area (Å²) in [7, 11) is -2.46. The van der Waals surface area contributed by atoms with E-state index in [1.54, 1.807) is 0 Å². The van der Waals surface area contributed by atoms with Crippen molar-refractivity contribution in [3.8, 4) is 5.75 Å². The van der Waals surface area contributed by atoms with Crippen LogP contribution in [-0.4, -0.2) is 33.7 Å². The first kappa shape index (κ1) is 21.5. The fraction of sp³-hybridized carbons (Fsp3) is 0.278. The van der Waals surface area contributed by atoms with E-state index in [1.165, 1.54) is 50.4 Å². The number of anilines is 2. The molecule has 10 heteroatoms. The Kier molecular flexibility index (Phi) is 6.23. The average molecular weight is 416 g/mol. The van der Waals surface area contributed by atoms with Crippen LogP contribution in [0.2, 0.25) is 0 Å². The number of nitrogens with zero attached hydrogens (tertiary/aromatic N) is 1. The smallest absolute Gasteiger partial charge is 0.418 e. The van der Waals surface area contributed by atoms with Crippen LogP contribution in [0.25, 0.3) is 0 Å². The maximum Gasteiger partial charge on any atom is 0.418 e. The van der Waals surface area contributed by atoms with E-state index in [1.807, 2.05) is 0 Å². The van der Waals surface area contributed by atoms with Gasteiger partial charge in [-0.1, -0.05) is 12.1 Å². The van der Waals surface area contributed by atoms with Gasteiger partial charge in [-0.15, -0.1) is 0 Å². The minimum atomic E-state index is -4.67. The van der Waals surface area contributed by atoms with Gasteiger partial charge in [0.05, 0.1) is 30.3 Å². The lowest BCUT2D eigenvalue weighted by atomic mass is 10.1. The van der Waals surface area contributed by atoms with Crippen LogP contribution in [0.4, 0.5) is 24.5 Å². The fourth-order valence-corrected chi connectivity index (χ4v) is 3.79. The Morgan fingerprint density at radius 2 is 1.68 bits per heavy atom. The number of sulfonamides is 1. The van der Waals surface area contributed by atoms with Crippen molar-refractivity contribution in [2.45, 2.75) is 19.1 Å². The van der Waals surface area contributed by atoms with Gasteiger partial charge in [-0.2, -0.15) is 13.2 Å². The number of ether oxygens (including phenoxy) is 1. The van der Waals surface area contributed by atoms with E-state index >= 15 is 0 Å². The van der Waals surface area contributed by atoms with Crippen molar-refractivity contribution in [1.82, 2.24) is 0 Å². The normalized spacial score (nSPS) is 12.9. The lowest BCUT2D eigenvalue weighted by Gasteiger charge is -2.28. The van der Waals surface area contributed by atoms with E-state index in [0.29, 0.717) is 5.75 Å². The van der Waals surface area contributed by atoms with Crippen molar-refractivity contribution in [3.05, 3.63) is 54.1 Å². The van der Waals surface area contributed by atoms with Crippen LogP contribution in [0.1, 0.15) is 12.5 Å². The van der Waals surface area contributed by atoms with E-state index in [9.17, 15) is 26.4 Å². The van der Waals surface area contributed by atoms with Crippen LogP contribution in [0.3, 0.4) is 0 Å². The van der Waals surface area contributed by atoms with E-state index in [4.69, 9.17) is 4.74 Å². The van der Waals surface area contributed by atoms with E-state index < -0.39 is 39.4 Å². The van der Waals surface area contributed by atoms with Crippen molar-refractivity contribution < 1.29 is 31.1 Å². The number of amides is 1. The van der Waals surface area contributed by atoms with Gasteiger partial charge in [-0.3, -0.25) is 9.10 Å². The molecule has 0 aliphatic rings. The van der Waals surface area contributed by atoms with Gasteiger partial charge in [-0.25, -0.2) is 8.42 Å². The number of rotatable bonds is 6. The molecule has 152 valence electrons. The molecule has 0 saturated carbocycles. The summed E-state index contributed by atoms with van der Waals surface area (Å²) in [6.45, 7) is 1.29. The first-order valence-electron chi connectivity index (χ1n) is 8.05. The zero-order valence-electron chi connectivity index (χ0n) is 15.3. The highest BCUT2D eigenvalue weighted by Gasteiger charge is 2.35. The zero-order valence-corrected chi connectivity index (χ0v) is 16.1. The third-order valence-electron chi connectivity index (χ3n) is 3.91. The first-order valence-corrected chi connectivity index (χ1v) is 9.90. The van der Waals surface area contributed by atoms with Crippen molar-refractivity contribution in [2.75, 3.05) is 23.0 Å². The number of carbonyl (C=O) groups is 1. The topological polar surface area (TPSA) is 75.7 Å². The van der Waals surface area contributed by atoms with Gasteiger partial charge in [0.2, 0.25) is 15.9 Å². The highest BCUT2D eigenvalue weighted by atomic mass is 32.2. The minimum Gasteiger partial charge on any atom is -0.497 e. The SMILES string of the molecule is COc1ccc(N([C@@H](C)C(=O)Nc2ccccc2C(F)(F)F)S(C)(=O)=O)cc1. The predicted molar refractivity (Wildman–Crippen MR) is 99.9 cm³/mol. The second-order valence-electron chi connectivity index (χ2n) is 5.97. The molecule has 2 rings (SSSR count). The summed E-state index contributed by atoms with van der Waals surface area (Å²) in [5, 5.41) is 2.17. The Bertz CT molecular complexity index is 944. The lowest BCUT2D eigenvalue weighted by Crippen LogP contribution is -2.45. The molecule has 1 atom stereocenters. The Labute approximate surface area is 161 Å². The third kappa shape index (κ3) is 4.94. The van der Waals surface area contributed by atoms with Gasteiger partial charge in [0, 0.05) is 0 Å². The summed E-state index contributed by atoms with van der Waals surface area (Å²) in [5.41, 5.74) is -1.30.